The van der Waals surface area contributed by atoms with E-state index in [-0.39, 0.29) is 4.90 Å². The van der Waals surface area contributed by atoms with Gasteiger partial charge in [-0.15, -0.1) is 0 Å². The normalized spacial score (nSPS) is 11.4. The zero-order valence-electron chi connectivity index (χ0n) is 12.1. The first-order chi connectivity index (χ1) is 9.70. The summed E-state index contributed by atoms with van der Waals surface area (Å²) in [5.41, 5.74) is 8.24. The van der Waals surface area contributed by atoms with Gasteiger partial charge in [0.2, 0.25) is 0 Å². The minimum absolute atomic E-state index is 0.0957. The Balaban J connectivity index is 2.46. The molecular weight excluding hydrogens is 291 g/mol. The van der Waals surface area contributed by atoms with E-state index in [1.165, 1.54) is 12.1 Å². The highest BCUT2D eigenvalue weighted by Crippen LogP contribution is 2.25. The summed E-state index contributed by atoms with van der Waals surface area (Å²) in [6.45, 7) is 4.93. The molecule has 0 atom stereocenters. The second-order valence-corrected chi connectivity index (χ2v) is 6.66. The topological polar surface area (TPSA) is 72.2 Å². The Morgan fingerprint density at radius 2 is 1.57 bits per heavy atom. The molecule has 6 heteroatoms. The van der Waals surface area contributed by atoms with E-state index in [0.29, 0.717) is 22.5 Å². The Labute approximate surface area is 123 Å². The fourth-order valence-corrected chi connectivity index (χ4v) is 3.77. The molecule has 0 aromatic heterocycles. The van der Waals surface area contributed by atoms with Gasteiger partial charge in [-0.2, -0.15) is 0 Å². The predicted octanol–water partition coefficient (Wildman–Crippen LogP) is 3.13. The highest BCUT2D eigenvalue weighted by atomic mass is 32.2. The highest BCUT2D eigenvalue weighted by molar-refractivity contribution is 7.92. The van der Waals surface area contributed by atoms with Crippen LogP contribution in [0.2, 0.25) is 0 Å². The van der Waals surface area contributed by atoms with Crippen LogP contribution in [0, 0.1) is 26.6 Å². The molecule has 21 heavy (non-hydrogen) atoms. The Morgan fingerprint density at radius 3 is 2.10 bits per heavy atom. The number of aryl methyl sites for hydroxylation is 3. The van der Waals surface area contributed by atoms with Crippen LogP contribution in [-0.4, -0.2) is 8.42 Å². The van der Waals surface area contributed by atoms with Crippen LogP contribution in [0.3, 0.4) is 0 Å². The summed E-state index contributed by atoms with van der Waals surface area (Å²) < 4.78 is 40.8. The Bertz CT molecular complexity index is 778. The molecule has 0 heterocycles. The van der Waals surface area contributed by atoms with Crippen molar-refractivity contribution in [2.75, 3.05) is 10.5 Å². The predicted molar refractivity (Wildman–Crippen MR) is 82.3 cm³/mol. The van der Waals surface area contributed by atoms with E-state index < -0.39 is 15.8 Å². The van der Waals surface area contributed by atoms with Crippen molar-refractivity contribution >= 4 is 21.4 Å². The molecule has 0 aliphatic heterocycles. The molecule has 4 nitrogen and oxygen atoms in total. The van der Waals surface area contributed by atoms with Gasteiger partial charge in [-0.25, -0.2) is 12.8 Å². The molecule has 0 saturated carbocycles. The number of sulfonamides is 1. The lowest BCUT2D eigenvalue weighted by atomic mass is 10.1. The summed E-state index contributed by atoms with van der Waals surface area (Å²) >= 11 is 0. The third-order valence-electron chi connectivity index (χ3n) is 3.22. The average Bonchev–Trinajstić information content (AvgIpc) is 2.31. The van der Waals surface area contributed by atoms with Crippen molar-refractivity contribution in [2.45, 2.75) is 25.7 Å². The van der Waals surface area contributed by atoms with Crippen LogP contribution in [0.4, 0.5) is 15.8 Å². The van der Waals surface area contributed by atoms with Crippen LogP contribution in [0.5, 0.6) is 0 Å². The summed E-state index contributed by atoms with van der Waals surface area (Å²) in [6.07, 6.45) is 0. The number of nitrogens with one attached hydrogen (secondary N) is 1. The monoisotopic (exact) mass is 308 g/mol. The molecule has 0 spiro atoms. The number of hydrogen-bond donors (Lipinski definition) is 2. The molecule has 0 amide bonds. The van der Waals surface area contributed by atoms with E-state index in [1.54, 1.807) is 39.0 Å². The second-order valence-electron chi connectivity index (χ2n) is 5.05. The standard InChI is InChI=1S/C15H17FN2O2S/c1-9-8-13(4-5-14(9)17)18-21(19,20)15-10(2)6-12(16)7-11(15)3/h4-8,18H,17H2,1-3H3. The fourth-order valence-electron chi connectivity index (χ4n) is 2.27. The summed E-state index contributed by atoms with van der Waals surface area (Å²) in [6, 6.07) is 7.29. The maximum absolute atomic E-state index is 13.3. The molecular formula is C15H17FN2O2S. The molecule has 0 radical (unpaired) electrons. The number of benzene rings is 2. The van der Waals surface area contributed by atoms with Crippen molar-refractivity contribution in [3.8, 4) is 0 Å². The van der Waals surface area contributed by atoms with Crippen LogP contribution in [0.25, 0.3) is 0 Å². The van der Waals surface area contributed by atoms with Crippen molar-refractivity contribution in [2.24, 2.45) is 0 Å². The highest BCUT2D eigenvalue weighted by Gasteiger charge is 2.20. The third kappa shape index (κ3) is 3.16. The fraction of sp³-hybridized carbons (Fsp3) is 0.200. The average molecular weight is 308 g/mol. The first kappa shape index (κ1) is 15.3. The van der Waals surface area contributed by atoms with Crippen LogP contribution < -0.4 is 10.5 Å². The Hall–Kier alpha value is -2.08. The van der Waals surface area contributed by atoms with Crippen LogP contribution in [0.15, 0.2) is 35.2 Å². The van der Waals surface area contributed by atoms with Gasteiger partial charge >= 0.3 is 0 Å². The molecule has 3 N–H and O–H groups in total. The van der Waals surface area contributed by atoms with Gasteiger partial charge in [-0.05, 0) is 67.8 Å². The molecule has 0 bridgehead atoms. The van der Waals surface area contributed by atoms with Crippen LogP contribution in [-0.2, 0) is 10.0 Å². The van der Waals surface area contributed by atoms with E-state index in [9.17, 15) is 12.8 Å². The van der Waals surface area contributed by atoms with E-state index in [2.05, 4.69) is 4.72 Å². The number of hydrogen-bond acceptors (Lipinski definition) is 3. The van der Waals surface area contributed by atoms with Gasteiger partial charge < -0.3 is 5.73 Å². The minimum Gasteiger partial charge on any atom is -0.399 e. The number of nitrogen functional groups attached to an aromatic ring is 1. The quantitative estimate of drug-likeness (QED) is 0.856. The Morgan fingerprint density at radius 1 is 1.00 bits per heavy atom. The van der Waals surface area contributed by atoms with Gasteiger partial charge in [-0.3, -0.25) is 4.72 Å². The van der Waals surface area contributed by atoms with Crippen molar-refractivity contribution in [3.05, 3.63) is 52.8 Å². The molecule has 0 saturated heterocycles. The van der Waals surface area contributed by atoms with E-state index in [0.717, 1.165) is 5.56 Å². The number of anilines is 2. The van der Waals surface area contributed by atoms with Gasteiger partial charge in [0, 0.05) is 11.4 Å². The van der Waals surface area contributed by atoms with Gasteiger partial charge in [-0.1, -0.05) is 0 Å². The molecule has 0 unspecified atom stereocenters. The zero-order chi connectivity index (χ0) is 15.8. The lowest BCUT2D eigenvalue weighted by Gasteiger charge is -2.14. The van der Waals surface area contributed by atoms with Crippen molar-refractivity contribution < 1.29 is 12.8 Å². The molecule has 0 aliphatic rings. The SMILES string of the molecule is Cc1cc(NS(=O)(=O)c2c(C)cc(F)cc2C)ccc1N. The molecule has 2 aromatic rings. The summed E-state index contributed by atoms with van der Waals surface area (Å²) in [7, 11) is -3.78. The lowest BCUT2D eigenvalue weighted by molar-refractivity contribution is 0.597. The van der Waals surface area contributed by atoms with Crippen molar-refractivity contribution in [1.82, 2.24) is 0 Å². The maximum atomic E-state index is 13.3. The first-order valence-corrected chi connectivity index (χ1v) is 7.85. The summed E-state index contributed by atoms with van der Waals surface area (Å²) in [4.78, 5) is 0.0957. The Kier molecular flexibility index (Phi) is 3.91. The van der Waals surface area contributed by atoms with Gasteiger partial charge in [0.05, 0.1) is 4.90 Å². The zero-order valence-corrected chi connectivity index (χ0v) is 12.9. The van der Waals surface area contributed by atoms with Crippen molar-refractivity contribution in [3.63, 3.8) is 0 Å². The van der Waals surface area contributed by atoms with E-state index in [4.69, 9.17) is 5.73 Å². The largest absolute Gasteiger partial charge is 0.399 e. The maximum Gasteiger partial charge on any atom is 0.262 e. The summed E-state index contributed by atoms with van der Waals surface area (Å²) in [5.74, 6) is -0.452. The van der Waals surface area contributed by atoms with E-state index >= 15 is 0 Å². The van der Waals surface area contributed by atoms with Gasteiger partial charge in [0.15, 0.2) is 0 Å². The van der Waals surface area contributed by atoms with Gasteiger partial charge in [0.25, 0.3) is 10.0 Å². The van der Waals surface area contributed by atoms with Crippen LogP contribution in [0.1, 0.15) is 16.7 Å². The van der Waals surface area contributed by atoms with Crippen molar-refractivity contribution in [1.29, 1.82) is 0 Å². The molecule has 112 valence electrons. The second kappa shape index (κ2) is 5.37. The lowest BCUT2D eigenvalue weighted by Crippen LogP contribution is -2.16. The van der Waals surface area contributed by atoms with Crippen LogP contribution >= 0.6 is 0 Å². The minimum atomic E-state index is -3.78. The number of nitrogens with two attached hydrogens (primary N) is 1. The molecule has 0 aliphatic carbocycles. The smallest absolute Gasteiger partial charge is 0.262 e. The first-order valence-electron chi connectivity index (χ1n) is 6.36. The number of halogens is 1. The third-order valence-corrected chi connectivity index (χ3v) is 4.90. The molecule has 2 aromatic carbocycles. The molecule has 2 rings (SSSR count). The van der Waals surface area contributed by atoms with E-state index in [1.807, 2.05) is 0 Å². The number of rotatable bonds is 3. The molecule has 0 fully saturated rings. The summed E-state index contributed by atoms with van der Waals surface area (Å²) in [5, 5.41) is 0. The van der Waals surface area contributed by atoms with Gasteiger partial charge in [0.1, 0.15) is 5.82 Å².